The zero-order valence-corrected chi connectivity index (χ0v) is 18.0. The number of carbonyl (C=O) groups excluding carboxylic acids is 1. The lowest BCUT2D eigenvalue weighted by Crippen LogP contribution is -2.25. The van der Waals surface area contributed by atoms with Gasteiger partial charge in [-0.2, -0.15) is 5.10 Å². The number of benzene rings is 1. The van der Waals surface area contributed by atoms with Gasteiger partial charge in [-0.05, 0) is 43.2 Å². The molecule has 30 heavy (non-hydrogen) atoms. The minimum Gasteiger partial charge on any atom is -0.354 e. The van der Waals surface area contributed by atoms with Crippen LogP contribution in [0.5, 0.6) is 0 Å². The van der Waals surface area contributed by atoms with Gasteiger partial charge in [0.1, 0.15) is 4.83 Å². The third-order valence-electron chi connectivity index (χ3n) is 4.56. The molecule has 4 aromatic rings. The van der Waals surface area contributed by atoms with Gasteiger partial charge >= 0.3 is 0 Å². The summed E-state index contributed by atoms with van der Waals surface area (Å²) >= 11 is 7.43. The second-order valence-electron chi connectivity index (χ2n) is 6.81. The van der Waals surface area contributed by atoms with Crippen molar-refractivity contribution in [3.8, 4) is 0 Å². The standard InChI is InChI=1S/C21H21ClN6OS/c1-14-17-12-18(19(29)23-8-2-9-24-21-25-10-3-11-26-21)30-20(17)28(27-14)13-15-4-6-16(22)7-5-15/h3-7,10-12H,2,8-9,13H2,1H3,(H,23,29)(H,24,25,26). The molecule has 0 aliphatic rings. The van der Waals surface area contributed by atoms with Crippen molar-refractivity contribution in [2.24, 2.45) is 0 Å². The predicted molar refractivity (Wildman–Crippen MR) is 120 cm³/mol. The van der Waals surface area contributed by atoms with Crippen LogP contribution in [0.1, 0.15) is 27.3 Å². The van der Waals surface area contributed by atoms with Crippen LogP contribution in [0.3, 0.4) is 0 Å². The van der Waals surface area contributed by atoms with Gasteiger partial charge in [-0.25, -0.2) is 9.97 Å². The fourth-order valence-corrected chi connectivity index (χ4v) is 4.27. The van der Waals surface area contributed by atoms with E-state index in [2.05, 4.69) is 25.7 Å². The highest BCUT2D eigenvalue weighted by atomic mass is 35.5. The Morgan fingerprint density at radius 3 is 2.70 bits per heavy atom. The molecular formula is C21H21ClN6OS. The first-order valence-electron chi connectivity index (χ1n) is 9.60. The molecule has 0 aliphatic carbocycles. The van der Waals surface area contributed by atoms with Crippen molar-refractivity contribution in [3.63, 3.8) is 0 Å². The fraction of sp³-hybridized carbons (Fsp3) is 0.238. The molecule has 3 aromatic heterocycles. The Bertz CT molecular complexity index is 1140. The van der Waals surface area contributed by atoms with Gasteiger partial charge in [-0.3, -0.25) is 9.48 Å². The lowest BCUT2D eigenvalue weighted by molar-refractivity contribution is 0.0957. The number of hydrogen-bond acceptors (Lipinski definition) is 6. The summed E-state index contributed by atoms with van der Waals surface area (Å²) in [7, 11) is 0. The van der Waals surface area contributed by atoms with E-state index in [0.29, 0.717) is 35.5 Å². The van der Waals surface area contributed by atoms with Crippen molar-refractivity contribution < 1.29 is 4.79 Å². The maximum absolute atomic E-state index is 12.6. The first-order chi connectivity index (χ1) is 14.6. The summed E-state index contributed by atoms with van der Waals surface area (Å²) in [4.78, 5) is 22.5. The monoisotopic (exact) mass is 440 g/mol. The number of aryl methyl sites for hydroxylation is 1. The maximum atomic E-state index is 12.6. The van der Waals surface area contributed by atoms with E-state index in [1.54, 1.807) is 18.5 Å². The number of thiophene rings is 1. The van der Waals surface area contributed by atoms with Crippen molar-refractivity contribution >= 4 is 45.0 Å². The van der Waals surface area contributed by atoms with E-state index in [1.807, 2.05) is 41.9 Å². The second-order valence-corrected chi connectivity index (χ2v) is 8.27. The SMILES string of the molecule is Cc1nn(Cc2ccc(Cl)cc2)c2sc(C(=O)NCCCNc3ncccn3)cc12. The van der Waals surface area contributed by atoms with E-state index in [0.717, 1.165) is 27.9 Å². The minimum atomic E-state index is -0.0652. The Balaban J connectivity index is 1.35. The normalized spacial score (nSPS) is 11.0. The molecule has 154 valence electrons. The molecule has 7 nitrogen and oxygen atoms in total. The van der Waals surface area contributed by atoms with Gasteiger partial charge in [0.2, 0.25) is 5.95 Å². The highest BCUT2D eigenvalue weighted by Crippen LogP contribution is 2.29. The Kier molecular flexibility index (Phi) is 6.25. The summed E-state index contributed by atoms with van der Waals surface area (Å²) in [5, 5.41) is 12.5. The molecule has 2 N–H and O–H groups in total. The fourth-order valence-electron chi connectivity index (χ4n) is 3.06. The first-order valence-corrected chi connectivity index (χ1v) is 10.8. The van der Waals surface area contributed by atoms with E-state index in [1.165, 1.54) is 11.3 Å². The number of fused-ring (bicyclic) bond motifs is 1. The van der Waals surface area contributed by atoms with E-state index in [9.17, 15) is 4.79 Å². The van der Waals surface area contributed by atoms with Crippen molar-refractivity contribution in [2.45, 2.75) is 19.9 Å². The van der Waals surface area contributed by atoms with Crippen molar-refractivity contribution in [1.82, 2.24) is 25.1 Å². The summed E-state index contributed by atoms with van der Waals surface area (Å²) in [6, 6.07) is 11.4. The average molecular weight is 441 g/mol. The van der Waals surface area contributed by atoms with Gasteiger partial charge < -0.3 is 10.6 Å². The molecule has 1 amide bonds. The van der Waals surface area contributed by atoms with E-state index in [-0.39, 0.29) is 5.91 Å². The van der Waals surface area contributed by atoms with Crippen LogP contribution in [0, 0.1) is 6.92 Å². The zero-order valence-electron chi connectivity index (χ0n) is 16.4. The number of carbonyl (C=O) groups is 1. The molecule has 4 rings (SSSR count). The smallest absolute Gasteiger partial charge is 0.261 e. The number of hydrogen-bond donors (Lipinski definition) is 2. The van der Waals surface area contributed by atoms with Gasteiger partial charge in [-0.1, -0.05) is 23.7 Å². The Morgan fingerprint density at radius 1 is 1.17 bits per heavy atom. The maximum Gasteiger partial charge on any atom is 0.261 e. The summed E-state index contributed by atoms with van der Waals surface area (Å²) in [6.45, 7) is 3.86. The van der Waals surface area contributed by atoms with Gasteiger partial charge in [0, 0.05) is 35.9 Å². The molecule has 0 aliphatic heterocycles. The van der Waals surface area contributed by atoms with Crippen LogP contribution in [0.25, 0.3) is 10.2 Å². The number of anilines is 1. The summed E-state index contributed by atoms with van der Waals surface area (Å²) in [5.74, 6) is 0.527. The van der Waals surface area contributed by atoms with Crippen molar-refractivity contribution in [2.75, 3.05) is 18.4 Å². The van der Waals surface area contributed by atoms with Crippen LogP contribution in [0.2, 0.25) is 5.02 Å². The average Bonchev–Trinajstić information content (AvgIpc) is 3.31. The lowest BCUT2D eigenvalue weighted by atomic mass is 10.2. The molecule has 1 aromatic carbocycles. The quantitative estimate of drug-likeness (QED) is 0.402. The van der Waals surface area contributed by atoms with Crippen LogP contribution in [0.4, 0.5) is 5.95 Å². The summed E-state index contributed by atoms with van der Waals surface area (Å²) < 4.78 is 1.94. The van der Waals surface area contributed by atoms with Gasteiger partial charge in [0.25, 0.3) is 5.91 Å². The Hall–Kier alpha value is -2.97. The summed E-state index contributed by atoms with van der Waals surface area (Å²) in [5.41, 5.74) is 2.03. The topological polar surface area (TPSA) is 84.7 Å². The van der Waals surface area contributed by atoms with Gasteiger partial charge in [0.15, 0.2) is 0 Å². The molecule has 3 heterocycles. The Labute approximate surface area is 183 Å². The first kappa shape index (κ1) is 20.3. The minimum absolute atomic E-state index is 0.0652. The van der Waals surface area contributed by atoms with Crippen molar-refractivity contribution in [1.29, 1.82) is 0 Å². The molecule has 0 fully saturated rings. The third-order valence-corrected chi connectivity index (χ3v) is 5.96. The van der Waals surface area contributed by atoms with Gasteiger partial charge in [-0.15, -0.1) is 11.3 Å². The van der Waals surface area contributed by atoms with E-state index < -0.39 is 0 Å². The largest absolute Gasteiger partial charge is 0.354 e. The number of amides is 1. The number of aromatic nitrogens is 4. The number of halogens is 1. The number of nitrogens with zero attached hydrogens (tertiary/aromatic N) is 4. The molecule has 9 heteroatoms. The molecular weight excluding hydrogens is 420 g/mol. The van der Waals surface area contributed by atoms with Crippen LogP contribution < -0.4 is 10.6 Å². The molecule has 0 saturated carbocycles. The Morgan fingerprint density at radius 2 is 1.93 bits per heavy atom. The lowest BCUT2D eigenvalue weighted by Gasteiger charge is -2.05. The number of rotatable bonds is 8. The zero-order chi connectivity index (χ0) is 20.9. The van der Waals surface area contributed by atoms with E-state index >= 15 is 0 Å². The van der Waals surface area contributed by atoms with E-state index in [4.69, 9.17) is 11.6 Å². The molecule has 0 bridgehead atoms. The van der Waals surface area contributed by atoms with Crippen LogP contribution in [-0.2, 0) is 6.54 Å². The predicted octanol–water partition coefficient (Wildman–Crippen LogP) is 4.13. The summed E-state index contributed by atoms with van der Waals surface area (Å²) in [6.07, 6.45) is 4.15. The molecule has 0 saturated heterocycles. The molecule has 0 unspecified atom stereocenters. The highest BCUT2D eigenvalue weighted by Gasteiger charge is 2.16. The van der Waals surface area contributed by atoms with Crippen molar-refractivity contribution in [3.05, 3.63) is 69.9 Å². The van der Waals surface area contributed by atoms with Gasteiger partial charge in [0.05, 0.1) is 17.1 Å². The molecule has 0 radical (unpaired) electrons. The highest BCUT2D eigenvalue weighted by molar-refractivity contribution is 7.20. The second kappa shape index (κ2) is 9.23. The van der Waals surface area contributed by atoms with Crippen LogP contribution >= 0.6 is 22.9 Å². The van der Waals surface area contributed by atoms with Crippen LogP contribution in [0.15, 0.2) is 48.8 Å². The van der Waals surface area contributed by atoms with Crippen LogP contribution in [-0.4, -0.2) is 38.7 Å². The molecule has 0 spiro atoms. The third kappa shape index (κ3) is 4.77. The molecule has 0 atom stereocenters. The number of nitrogens with one attached hydrogen (secondary N) is 2.